The fourth-order valence-electron chi connectivity index (χ4n) is 1.64. The van der Waals surface area contributed by atoms with E-state index in [0.717, 1.165) is 12.8 Å². The van der Waals surface area contributed by atoms with E-state index >= 15 is 0 Å². The van der Waals surface area contributed by atoms with Crippen molar-refractivity contribution in [2.24, 2.45) is 0 Å². The topological polar surface area (TPSA) is 55.8 Å². The molecule has 0 amide bonds. The summed E-state index contributed by atoms with van der Waals surface area (Å²) < 4.78 is 38.5. The Balaban J connectivity index is 3.12. The van der Waals surface area contributed by atoms with Crippen LogP contribution >= 0.6 is 0 Å². The summed E-state index contributed by atoms with van der Waals surface area (Å²) in [6.45, 7) is 4.24. The summed E-state index contributed by atoms with van der Waals surface area (Å²) in [5, 5.41) is 8.89. The molecule has 0 radical (unpaired) electrons. The van der Waals surface area contributed by atoms with Gasteiger partial charge in [0, 0.05) is 0 Å². The molecule has 1 N–H and O–H groups in total. The van der Waals surface area contributed by atoms with Gasteiger partial charge in [0.05, 0.1) is 13.2 Å². The first-order valence-corrected chi connectivity index (χ1v) is 7.03. The first kappa shape index (κ1) is 17.2. The molecule has 0 spiro atoms. The Bertz CT molecular complexity index is 489. The van der Waals surface area contributed by atoms with Gasteiger partial charge in [-0.1, -0.05) is 26.7 Å². The number of carboxylic acids is 1. The molecule has 1 aromatic rings. The molecule has 1 aromatic carbocycles. The van der Waals surface area contributed by atoms with E-state index in [4.69, 9.17) is 14.6 Å². The molecule has 0 fully saturated rings. The maximum absolute atomic E-state index is 14.1. The summed E-state index contributed by atoms with van der Waals surface area (Å²) in [6.07, 6.45) is 2.97. The van der Waals surface area contributed by atoms with Gasteiger partial charge < -0.3 is 14.6 Å². The van der Waals surface area contributed by atoms with Gasteiger partial charge >= 0.3 is 5.97 Å². The molecule has 0 atom stereocenters. The molecule has 0 bridgehead atoms. The fourth-order valence-corrected chi connectivity index (χ4v) is 1.64. The van der Waals surface area contributed by atoms with Gasteiger partial charge in [0.25, 0.3) is 0 Å². The van der Waals surface area contributed by atoms with Crippen LogP contribution in [0.2, 0.25) is 0 Å². The van der Waals surface area contributed by atoms with Crippen molar-refractivity contribution in [3.8, 4) is 11.5 Å². The third kappa shape index (κ3) is 4.58. The third-order valence-electron chi connectivity index (χ3n) is 2.85. The first-order valence-electron chi connectivity index (χ1n) is 7.03. The molecule has 21 heavy (non-hydrogen) atoms. The molecule has 0 aliphatic carbocycles. The Hall–Kier alpha value is -1.85. The summed E-state index contributed by atoms with van der Waals surface area (Å²) in [5.74, 6) is -4.41. The molecule has 0 aliphatic heterocycles. The van der Waals surface area contributed by atoms with E-state index in [9.17, 15) is 13.6 Å². The summed E-state index contributed by atoms with van der Waals surface area (Å²) in [6, 6.07) is 0.617. The number of carboxylic acid groups (broad SMARTS) is 1. The van der Waals surface area contributed by atoms with Gasteiger partial charge in [-0.25, -0.2) is 13.6 Å². The van der Waals surface area contributed by atoms with E-state index < -0.39 is 28.9 Å². The quantitative estimate of drug-likeness (QED) is 0.700. The Kier molecular flexibility index (Phi) is 6.91. The van der Waals surface area contributed by atoms with Crippen molar-refractivity contribution in [3.63, 3.8) is 0 Å². The monoisotopic (exact) mass is 302 g/mol. The van der Waals surface area contributed by atoms with Crippen LogP contribution in [0.3, 0.4) is 0 Å². The number of carbonyl (C=O) groups is 1. The Labute approximate surface area is 122 Å². The van der Waals surface area contributed by atoms with Crippen LogP contribution in [0.4, 0.5) is 8.78 Å². The molecular weight excluding hydrogens is 282 g/mol. The lowest BCUT2D eigenvalue weighted by atomic mass is 10.1. The van der Waals surface area contributed by atoms with E-state index in [1.165, 1.54) is 0 Å². The molecule has 1 rings (SSSR count). The van der Waals surface area contributed by atoms with Gasteiger partial charge in [0.1, 0.15) is 5.56 Å². The van der Waals surface area contributed by atoms with Crippen molar-refractivity contribution >= 4 is 5.97 Å². The lowest BCUT2D eigenvalue weighted by Crippen LogP contribution is -2.10. The Morgan fingerprint density at radius 2 is 1.62 bits per heavy atom. The summed E-state index contributed by atoms with van der Waals surface area (Å²) in [4.78, 5) is 10.9. The van der Waals surface area contributed by atoms with E-state index in [1.807, 2.05) is 13.8 Å². The second-order valence-corrected chi connectivity index (χ2v) is 4.59. The number of hydrogen-bond acceptors (Lipinski definition) is 3. The summed E-state index contributed by atoms with van der Waals surface area (Å²) in [5.41, 5.74) is -0.762. The van der Waals surface area contributed by atoms with Crippen LogP contribution < -0.4 is 9.47 Å². The lowest BCUT2D eigenvalue weighted by molar-refractivity contribution is 0.0689. The van der Waals surface area contributed by atoms with Crippen molar-refractivity contribution in [2.45, 2.75) is 39.5 Å². The molecule has 118 valence electrons. The normalized spacial score (nSPS) is 10.5. The average Bonchev–Trinajstić information content (AvgIpc) is 2.44. The molecule has 0 saturated heterocycles. The molecule has 0 aromatic heterocycles. The maximum Gasteiger partial charge on any atom is 0.338 e. The largest absolute Gasteiger partial charge is 0.487 e. The minimum absolute atomic E-state index is 0.167. The van der Waals surface area contributed by atoms with Gasteiger partial charge in [-0.3, -0.25) is 0 Å². The Morgan fingerprint density at radius 1 is 1.10 bits per heavy atom. The molecule has 0 aliphatic rings. The third-order valence-corrected chi connectivity index (χ3v) is 2.85. The minimum atomic E-state index is -1.55. The van der Waals surface area contributed by atoms with E-state index in [1.54, 1.807) is 0 Å². The van der Waals surface area contributed by atoms with E-state index in [-0.39, 0.29) is 19.0 Å². The number of unbranched alkanes of at least 4 members (excludes halogenated alkanes) is 2. The van der Waals surface area contributed by atoms with Gasteiger partial charge in [0.15, 0.2) is 17.4 Å². The predicted octanol–water partition coefficient (Wildman–Crippen LogP) is 4.02. The van der Waals surface area contributed by atoms with Crippen LogP contribution in [-0.4, -0.2) is 24.3 Å². The SMILES string of the molecule is CCCCOc1c(F)cc(C(=O)O)c(F)c1OCCCC. The van der Waals surface area contributed by atoms with Crippen molar-refractivity contribution in [3.05, 3.63) is 23.3 Å². The van der Waals surface area contributed by atoms with Crippen LogP contribution in [-0.2, 0) is 0 Å². The molecule has 0 saturated carbocycles. The first-order chi connectivity index (χ1) is 10.0. The highest BCUT2D eigenvalue weighted by molar-refractivity contribution is 5.89. The van der Waals surface area contributed by atoms with Crippen LogP contribution in [0, 0.1) is 11.6 Å². The van der Waals surface area contributed by atoms with Crippen LogP contribution in [0.15, 0.2) is 6.07 Å². The van der Waals surface area contributed by atoms with Gasteiger partial charge in [-0.15, -0.1) is 0 Å². The van der Waals surface area contributed by atoms with Gasteiger partial charge in [-0.2, -0.15) is 0 Å². The van der Waals surface area contributed by atoms with Crippen molar-refractivity contribution in [2.75, 3.05) is 13.2 Å². The predicted molar refractivity (Wildman–Crippen MR) is 74.1 cm³/mol. The van der Waals surface area contributed by atoms with Crippen LogP contribution in [0.25, 0.3) is 0 Å². The molecule has 0 heterocycles. The van der Waals surface area contributed by atoms with Crippen LogP contribution in [0.1, 0.15) is 49.9 Å². The average molecular weight is 302 g/mol. The number of hydrogen-bond donors (Lipinski definition) is 1. The van der Waals surface area contributed by atoms with Crippen molar-refractivity contribution in [1.29, 1.82) is 0 Å². The maximum atomic E-state index is 14.1. The highest BCUT2D eigenvalue weighted by Crippen LogP contribution is 2.36. The number of halogens is 2. The van der Waals surface area contributed by atoms with Crippen molar-refractivity contribution < 1.29 is 28.2 Å². The number of ether oxygens (including phenoxy) is 2. The zero-order valence-electron chi connectivity index (χ0n) is 12.2. The second-order valence-electron chi connectivity index (χ2n) is 4.59. The fraction of sp³-hybridized carbons (Fsp3) is 0.533. The number of rotatable bonds is 9. The second kappa shape index (κ2) is 8.44. The highest BCUT2D eigenvalue weighted by Gasteiger charge is 2.24. The van der Waals surface area contributed by atoms with Crippen molar-refractivity contribution in [1.82, 2.24) is 0 Å². The van der Waals surface area contributed by atoms with E-state index in [0.29, 0.717) is 18.9 Å². The number of benzene rings is 1. The van der Waals surface area contributed by atoms with Crippen LogP contribution in [0.5, 0.6) is 11.5 Å². The summed E-state index contributed by atoms with van der Waals surface area (Å²) >= 11 is 0. The zero-order valence-corrected chi connectivity index (χ0v) is 12.2. The number of aromatic carboxylic acids is 1. The molecule has 6 heteroatoms. The highest BCUT2D eigenvalue weighted by atomic mass is 19.1. The van der Waals surface area contributed by atoms with Gasteiger partial charge in [0.2, 0.25) is 5.75 Å². The minimum Gasteiger partial charge on any atom is -0.487 e. The lowest BCUT2D eigenvalue weighted by Gasteiger charge is -2.15. The molecule has 4 nitrogen and oxygen atoms in total. The standard InChI is InChI=1S/C15H20F2O4/c1-3-5-7-20-13-11(16)9-10(15(18)19)12(17)14(13)21-8-6-4-2/h9H,3-8H2,1-2H3,(H,18,19). The Morgan fingerprint density at radius 3 is 2.10 bits per heavy atom. The smallest absolute Gasteiger partial charge is 0.338 e. The molecule has 0 unspecified atom stereocenters. The van der Waals surface area contributed by atoms with E-state index in [2.05, 4.69) is 0 Å². The molecular formula is C15H20F2O4. The van der Waals surface area contributed by atoms with Gasteiger partial charge in [-0.05, 0) is 18.9 Å². The zero-order chi connectivity index (χ0) is 15.8. The summed E-state index contributed by atoms with van der Waals surface area (Å²) in [7, 11) is 0.